The fraction of sp³-hybridized carbons (Fsp3) is 0.429. The molecule has 0 aromatic heterocycles. The molecule has 3 aromatic carbocycles. The zero-order valence-electron chi connectivity index (χ0n) is 26.0. The molecule has 0 amide bonds. The second-order valence-electron chi connectivity index (χ2n) is 11.2. The molecule has 0 heterocycles. The summed E-state index contributed by atoms with van der Waals surface area (Å²) in [6, 6.07) is 26.3. The number of phenolic OH excluding ortho intramolecular Hbond substituents is 1. The minimum absolute atomic E-state index is 0. The summed E-state index contributed by atoms with van der Waals surface area (Å²) < 4.78 is 5.94. The number of halogens is 2. The Hall–Kier alpha value is -2.50. The lowest BCUT2D eigenvalue weighted by Gasteiger charge is -2.26. The molecule has 0 aliphatic rings. The van der Waals surface area contributed by atoms with Crippen molar-refractivity contribution in [3.05, 3.63) is 108 Å². The largest absolute Gasteiger partial charge is 0.508 e. The van der Waals surface area contributed by atoms with Crippen molar-refractivity contribution in [1.29, 1.82) is 0 Å². The number of phenols is 1. The Kier molecular flexibility index (Phi) is 19.1. The maximum atomic E-state index is 9.51. The molecule has 0 aliphatic carbocycles. The molecule has 0 aliphatic heterocycles. The van der Waals surface area contributed by atoms with Crippen molar-refractivity contribution in [3.63, 3.8) is 0 Å². The summed E-state index contributed by atoms with van der Waals surface area (Å²) in [6.45, 7) is 13.5. The maximum absolute atomic E-state index is 9.51. The minimum atomic E-state index is 0. The molecule has 3 aromatic rings. The minimum Gasteiger partial charge on any atom is -0.508 e. The molecule has 228 valence electrons. The lowest BCUT2D eigenvalue weighted by Crippen LogP contribution is -2.24. The predicted molar refractivity (Wildman–Crippen MR) is 181 cm³/mol. The molecule has 41 heavy (non-hydrogen) atoms. The van der Waals surface area contributed by atoms with Crippen molar-refractivity contribution in [3.8, 4) is 11.5 Å². The molecule has 0 bridgehead atoms. The van der Waals surface area contributed by atoms with Crippen LogP contribution in [-0.4, -0.2) is 56.2 Å². The van der Waals surface area contributed by atoms with Gasteiger partial charge in [-0.05, 0) is 93.3 Å². The van der Waals surface area contributed by atoms with Gasteiger partial charge in [-0.2, -0.15) is 0 Å². The first-order chi connectivity index (χ1) is 18.6. The van der Waals surface area contributed by atoms with Gasteiger partial charge in [0.15, 0.2) is 0 Å². The van der Waals surface area contributed by atoms with Crippen LogP contribution in [0.5, 0.6) is 11.5 Å². The first-order valence-corrected chi connectivity index (χ1v) is 14.1. The monoisotopic (exact) mass is 602 g/mol. The van der Waals surface area contributed by atoms with E-state index >= 15 is 0 Å². The quantitative estimate of drug-likeness (QED) is 0.198. The number of hydrogen-bond acceptors (Lipinski definition) is 4. The van der Waals surface area contributed by atoms with Crippen LogP contribution in [0.25, 0.3) is 0 Å². The van der Waals surface area contributed by atoms with E-state index in [0.29, 0.717) is 36.0 Å². The van der Waals surface area contributed by atoms with Gasteiger partial charge in [-0.1, -0.05) is 81.4 Å². The van der Waals surface area contributed by atoms with Gasteiger partial charge >= 0.3 is 0 Å². The van der Waals surface area contributed by atoms with Crippen molar-refractivity contribution in [2.24, 2.45) is 11.8 Å². The number of nitrogens with zero attached hydrogens (tertiary/aromatic N) is 2. The highest BCUT2D eigenvalue weighted by Crippen LogP contribution is 2.30. The van der Waals surface area contributed by atoms with Gasteiger partial charge in [0.2, 0.25) is 0 Å². The van der Waals surface area contributed by atoms with Crippen molar-refractivity contribution in [1.82, 2.24) is 9.80 Å². The molecule has 0 radical (unpaired) electrons. The van der Waals surface area contributed by atoms with Crippen LogP contribution >= 0.6 is 24.8 Å². The Labute approximate surface area is 262 Å². The third-order valence-corrected chi connectivity index (χ3v) is 7.09. The van der Waals surface area contributed by atoms with Crippen LogP contribution in [0.2, 0.25) is 0 Å². The molecule has 2 unspecified atom stereocenters. The Bertz CT molecular complexity index is 1110. The molecule has 4 atom stereocenters. The molecular formula is C35H52Cl2N2O2. The van der Waals surface area contributed by atoms with Crippen LogP contribution in [-0.2, 0) is 6.61 Å². The van der Waals surface area contributed by atoms with Crippen LogP contribution in [0.1, 0.15) is 55.7 Å². The lowest BCUT2D eigenvalue weighted by molar-refractivity contribution is 0.301. The molecule has 6 heteroatoms. The van der Waals surface area contributed by atoms with Gasteiger partial charge < -0.3 is 19.6 Å². The fourth-order valence-electron chi connectivity index (χ4n) is 5.36. The summed E-state index contributed by atoms with van der Waals surface area (Å²) in [4.78, 5) is 4.44. The van der Waals surface area contributed by atoms with E-state index in [1.165, 1.54) is 16.7 Å². The van der Waals surface area contributed by atoms with Gasteiger partial charge in [-0.3, -0.25) is 0 Å². The molecule has 4 nitrogen and oxygen atoms in total. The van der Waals surface area contributed by atoms with Gasteiger partial charge in [-0.25, -0.2) is 0 Å². The predicted octanol–water partition coefficient (Wildman–Crippen LogP) is 8.66. The summed E-state index contributed by atoms with van der Waals surface area (Å²) in [6.07, 6.45) is 3.16. The van der Waals surface area contributed by atoms with E-state index in [4.69, 9.17) is 4.74 Å². The molecular weight excluding hydrogens is 551 g/mol. The molecule has 3 rings (SSSR count). The van der Waals surface area contributed by atoms with E-state index in [-0.39, 0.29) is 24.8 Å². The highest BCUT2D eigenvalue weighted by Gasteiger charge is 2.19. The Morgan fingerprint density at radius 3 is 1.93 bits per heavy atom. The summed E-state index contributed by atoms with van der Waals surface area (Å²) in [7, 11) is 8.42. The summed E-state index contributed by atoms with van der Waals surface area (Å²) in [5.41, 5.74) is 3.69. The van der Waals surface area contributed by atoms with Gasteiger partial charge in [0.05, 0.1) is 0 Å². The summed E-state index contributed by atoms with van der Waals surface area (Å²) in [5.74, 6) is 3.24. The smallest absolute Gasteiger partial charge is 0.120 e. The summed E-state index contributed by atoms with van der Waals surface area (Å²) in [5, 5.41) is 9.51. The van der Waals surface area contributed by atoms with Crippen molar-refractivity contribution < 1.29 is 9.84 Å². The van der Waals surface area contributed by atoms with Crippen molar-refractivity contribution >= 4 is 24.8 Å². The normalized spacial score (nSPS) is 13.5. The zero-order chi connectivity index (χ0) is 28.8. The molecule has 0 spiro atoms. The molecule has 0 saturated heterocycles. The van der Waals surface area contributed by atoms with Crippen LogP contribution in [0.15, 0.2) is 91.5 Å². The van der Waals surface area contributed by atoms with Crippen LogP contribution < -0.4 is 4.74 Å². The second kappa shape index (κ2) is 20.4. The van der Waals surface area contributed by atoms with E-state index in [0.717, 1.165) is 25.3 Å². The van der Waals surface area contributed by atoms with Crippen LogP contribution in [0.3, 0.4) is 0 Å². The third kappa shape index (κ3) is 13.8. The first-order valence-electron chi connectivity index (χ1n) is 14.1. The maximum Gasteiger partial charge on any atom is 0.120 e. The Morgan fingerprint density at radius 2 is 1.37 bits per heavy atom. The SMILES string of the molecule is C=CC(c1cccc(OCc2ccccc2)c1)[C@@H](C)CN(C)C.CCC(c1cccc(O)c1)[C@@H](C)CN(C)C.Cl.Cl. The average molecular weight is 604 g/mol. The third-order valence-electron chi connectivity index (χ3n) is 7.09. The van der Waals surface area contributed by atoms with Gasteiger partial charge in [-0.15, -0.1) is 31.4 Å². The van der Waals surface area contributed by atoms with E-state index < -0.39 is 0 Å². The highest BCUT2D eigenvalue weighted by molar-refractivity contribution is 5.85. The average Bonchev–Trinajstić information content (AvgIpc) is 2.89. The van der Waals surface area contributed by atoms with E-state index in [1.807, 2.05) is 42.5 Å². The lowest BCUT2D eigenvalue weighted by atomic mass is 9.85. The van der Waals surface area contributed by atoms with E-state index in [9.17, 15) is 5.11 Å². The van der Waals surface area contributed by atoms with Gasteiger partial charge in [0.25, 0.3) is 0 Å². The van der Waals surface area contributed by atoms with Crippen LogP contribution in [0, 0.1) is 11.8 Å². The number of allylic oxidation sites excluding steroid dienone is 1. The Morgan fingerprint density at radius 1 is 0.780 bits per heavy atom. The van der Waals surface area contributed by atoms with Crippen molar-refractivity contribution in [2.45, 2.75) is 45.6 Å². The Balaban J connectivity index is 0.000000789. The second-order valence-corrected chi connectivity index (χ2v) is 11.2. The standard InChI is InChI=1S/C21H27NO.C14H23NO.2ClH/c1-5-21(17(2)15-22(3)4)19-12-9-13-20(14-19)23-16-18-10-7-6-8-11-18;1-5-14(11(2)10-15(3)4)12-7-6-8-13(16)9-12;;/h5-14,17,21H,1,15-16H2,2-4H3;6-9,11,14,16H,5,10H2,1-4H3;2*1H/t17-,21?;11-,14?;;/m00../s1. The number of ether oxygens (including phenoxy) is 1. The summed E-state index contributed by atoms with van der Waals surface area (Å²) >= 11 is 0. The number of benzene rings is 3. The van der Waals surface area contributed by atoms with Crippen molar-refractivity contribution in [2.75, 3.05) is 41.3 Å². The molecule has 0 fully saturated rings. The molecule has 1 N–H and O–H groups in total. The van der Waals surface area contributed by atoms with Crippen LogP contribution in [0.4, 0.5) is 0 Å². The molecule has 0 saturated carbocycles. The highest BCUT2D eigenvalue weighted by atomic mass is 35.5. The number of hydrogen-bond donors (Lipinski definition) is 1. The van der Waals surface area contributed by atoms with Gasteiger partial charge in [0, 0.05) is 19.0 Å². The fourth-order valence-corrected chi connectivity index (χ4v) is 5.36. The number of aromatic hydroxyl groups is 1. The zero-order valence-corrected chi connectivity index (χ0v) is 27.6. The number of rotatable bonds is 13. The van der Waals surface area contributed by atoms with E-state index in [2.05, 4.69) is 102 Å². The topological polar surface area (TPSA) is 35.9 Å². The van der Waals surface area contributed by atoms with E-state index in [1.54, 1.807) is 6.07 Å². The van der Waals surface area contributed by atoms with Gasteiger partial charge in [0.1, 0.15) is 18.1 Å². The first kappa shape index (κ1) is 38.5.